The second kappa shape index (κ2) is 11.4. The number of likely N-dealkylation sites (tertiary alicyclic amines) is 1. The Bertz CT molecular complexity index is 1650. The zero-order valence-electron chi connectivity index (χ0n) is 22.3. The number of thiophene rings is 1. The maximum Gasteiger partial charge on any atom is 0.268 e. The molecule has 1 saturated heterocycles. The molecule has 5 rings (SSSR count). The Morgan fingerprint density at radius 3 is 2.59 bits per heavy atom. The monoisotopic (exact) mass is 617 g/mol. The van der Waals surface area contributed by atoms with Crippen LogP contribution in [0.4, 0.5) is 5.69 Å². The van der Waals surface area contributed by atoms with Crippen molar-refractivity contribution in [1.29, 1.82) is 0 Å². The number of nitrogens with one attached hydrogen (secondary N) is 1. The van der Waals surface area contributed by atoms with Crippen LogP contribution in [0.15, 0.2) is 42.5 Å². The molecule has 2 N–H and O–H groups in total. The Balaban J connectivity index is 1.36. The number of anilines is 1. The number of aliphatic hydroxyl groups is 1. The predicted molar refractivity (Wildman–Crippen MR) is 157 cm³/mol. The van der Waals surface area contributed by atoms with Crippen molar-refractivity contribution in [2.24, 2.45) is 0 Å². The number of β-amino-alcohol motifs (C(OH)–C–C–N with tert-alkyl or cyclic N) is 1. The molecule has 1 aromatic heterocycles. The Kier molecular flexibility index (Phi) is 8.11. The van der Waals surface area contributed by atoms with E-state index >= 15 is 0 Å². The number of aliphatic hydroxyl groups excluding tert-OH is 1. The minimum Gasteiger partial charge on any atom is -0.493 e. The molecule has 0 aliphatic carbocycles. The van der Waals surface area contributed by atoms with Crippen molar-refractivity contribution in [3.63, 3.8) is 0 Å². The second-order valence-corrected chi connectivity index (χ2v) is 13.8. The summed E-state index contributed by atoms with van der Waals surface area (Å²) in [5.41, 5.74) is 2.79. The van der Waals surface area contributed by atoms with E-state index in [1.807, 2.05) is 6.07 Å². The van der Waals surface area contributed by atoms with Crippen molar-refractivity contribution in [3.05, 3.63) is 69.1 Å². The largest absolute Gasteiger partial charge is 0.493 e. The first kappa shape index (κ1) is 29.1. The van der Waals surface area contributed by atoms with Crippen molar-refractivity contribution in [1.82, 2.24) is 10.2 Å². The van der Waals surface area contributed by atoms with Gasteiger partial charge in [0, 0.05) is 60.9 Å². The summed E-state index contributed by atoms with van der Waals surface area (Å²) in [6.45, 7) is 0.895. The molecule has 3 amide bonds. The molecule has 3 aromatic rings. The van der Waals surface area contributed by atoms with Crippen molar-refractivity contribution in [3.8, 4) is 16.2 Å². The number of ether oxygens (including phenoxy) is 1. The van der Waals surface area contributed by atoms with Crippen LogP contribution in [0.2, 0.25) is 5.02 Å². The quantitative estimate of drug-likeness (QED) is 0.416. The summed E-state index contributed by atoms with van der Waals surface area (Å²) in [4.78, 5) is 43.2. The van der Waals surface area contributed by atoms with Gasteiger partial charge in [0.2, 0.25) is 0 Å². The fraction of sp³-hybridized carbons (Fsp3) is 0.321. The molecule has 0 saturated carbocycles. The van der Waals surface area contributed by atoms with Crippen molar-refractivity contribution >= 4 is 56.2 Å². The Morgan fingerprint density at radius 2 is 1.88 bits per heavy atom. The lowest BCUT2D eigenvalue weighted by atomic mass is 10.0. The van der Waals surface area contributed by atoms with Crippen molar-refractivity contribution in [2.45, 2.75) is 12.5 Å². The summed E-state index contributed by atoms with van der Waals surface area (Å²) < 4.78 is 28.6. The normalized spacial score (nSPS) is 14.7. The molecule has 2 aliphatic heterocycles. The third kappa shape index (κ3) is 6.25. The number of amides is 3. The lowest BCUT2D eigenvalue weighted by Gasteiger charge is -2.36. The van der Waals surface area contributed by atoms with Gasteiger partial charge in [-0.15, -0.1) is 11.3 Å². The zero-order valence-corrected chi connectivity index (χ0v) is 24.7. The topological polar surface area (TPSA) is 133 Å². The highest BCUT2D eigenvalue weighted by atomic mass is 35.5. The van der Waals surface area contributed by atoms with E-state index in [-0.39, 0.29) is 37.2 Å². The van der Waals surface area contributed by atoms with E-state index in [2.05, 4.69) is 5.32 Å². The molecule has 0 atom stereocenters. The van der Waals surface area contributed by atoms with Crippen LogP contribution >= 0.6 is 22.9 Å². The number of hydrogen-bond acceptors (Lipinski definition) is 8. The average molecular weight is 618 g/mol. The number of benzene rings is 2. The molecule has 41 heavy (non-hydrogen) atoms. The molecular formula is C28H28ClN3O7S2. The number of rotatable bonds is 7. The minimum atomic E-state index is -3.20. The molecule has 2 aliphatic rings. The van der Waals surface area contributed by atoms with Gasteiger partial charge >= 0.3 is 0 Å². The molecule has 0 bridgehead atoms. The first-order valence-electron chi connectivity index (χ1n) is 12.8. The van der Waals surface area contributed by atoms with Crippen molar-refractivity contribution < 1.29 is 32.6 Å². The van der Waals surface area contributed by atoms with Gasteiger partial charge in [-0.25, -0.2) is 8.42 Å². The molecule has 2 aromatic carbocycles. The van der Waals surface area contributed by atoms with Gasteiger partial charge in [0.1, 0.15) is 15.6 Å². The van der Waals surface area contributed by atoms with Gasteiger partial charge in [-0.05, 0) is 48.0 Å². The van der Waals surface area contributed by atoms with Gasteiger partial charge in [0.15, 0.2) is 0 Å². The van der Waals surface area contributed by atoms with E-state index in [1.54, 1.807) is 43.4 Å². The van der Waals surface area contributed by atoms with Crippen LogP contribution in [0.3, 0.4) is 0 Å². The molecule has 3 heterocycles. The summed E-state index contributed by atoms with van der Waals surface area (Å²) in [6, 6.07) is 11.6. The van der Waals surface area contributed by atoms with Gasteiger partial charge in [-0.1, -0.05) is 11.6 Å². The Labute approximate surface area is 246 Å². The lowest BCUT2D eigenvalue weighted by Crippen LogP contribution is -2.53. The summed E-state index contributed by atoms with van der Waals surface area (Å²) >= 11 is 7.73. The summed E-state index contributed by atoms with van der Waals surface area (Å²) in [5, 5.41) is 12.5. The fourth-order valence-corrected chi connectivity index (χ4v) is 6.56. The molecular weight excluding hydrogens is 590 g/mol. The smallest absolute Gasteiger partial charge is 0.268 e. The Hall–Kier alpha value is -3.45. The second-order valence-electron chi connectivity index (χ2n) is 10.1. The van der Waals surface area contributed by atoms with Crippen LogP contribution in [-0.4, -0.2) is 87.5 Å². The van der Waals surface area contributed by atoms with E-state index in [1.165, 1.54) is 21.1 Å². The van der Waals surface area contributed by atoms with Crippen LogP contribution < -0.4 is 15.0 Å². The SMILES string of the molecule is CN(C(=O)c1cc2c(s1)-c1ccc(C(=O)NCCS(C)(=O)=O)cc1OCC2)c1cc(C(=O)N2CC(O)C2)ccc1Cl. The van der Waals surface area contributed by atoms with Crippen LogP contribution in [0.25, 0.3) is 10.4 Å². The van der Waals surface area contributed by atoms with E-state index in [4.69, 9.17) is 16.3 Å². The van der Waals surface area contributed by atoms with Gasteiger partial charge in [0.25, 0.3) is 17.7 Å². The van der Waals surface area contributed by atoms with E-state index < -0.39 is 21.8 Å². The number of nitrogens with zero attached hydrogens (tertiary/aromatic N) is 2. The maximum atomic E-state index is 13.6. The standard InChI is InChI=1S/C28H28ClN3O7S2/c1-31(22-11-18(4-6-21(22)29)27(35)32-14-19(33)15-32)28(36)24-13-16-7-9-39-23-12-17(3-5-20(23)25(16)40-24)26(34)30-8-10-41(2,37)38/h3-6,11-13,19,33H,7-10,14-15H2,1-2H3,(H,30,34). The van der Waals surface area contributed by atoms with Gasteiger partial charge < -0.3 is 25.0 Å². The van der Waals surface area contributed by atoms with Crippen LogP contribution in [0, 0.1) is 0 Å². The molecule has 0 spiro atoms. The highest BCUT2D eigenvalue weighted by Gasteiger charge is 2.30. The number of fused-ring (bicyclic) bond motifs is 3. The first-order valence-corrected chi connectivity index (χ1v) is 16.1. The molecule has 13 heteroatoms. The number of carbonyl (C=O) groups is 3. The van der Waals surface area contributed by atoms with Crippen LogP contribution in [-0.2, 0) is 16.3 Å². The molecule has 0 unspecified atom stereocenters. The maximum absolute atomic E-state index is 13.6. The number of halogens is 1. The zero-order chi connectivity index (χ0) is 29.5. The van der Waals surface area contributed by atoms with Gasteiger partial charge in [0.05, 0.1) is 34.1 Å². The van der Waals surface area contributed by atoms with E-state index in [0.29, 0.717) is 45.5 Å². The fourth-order valence-electron chi connectivity index (χ4n) is 4.62. The highest BCUT2D eigenvalue weighted by molar-refractivity contribution is 7.90. The number of hydrogen-bond donors (Lipinski definition) is 2. The summed E-state index contributed by atoms with van der Waals surface area (Å²) in [6.07, 6.45) is 1.15. The summed E-state index contributed by atoms with van der Waals surface area (Å²) in [5.74, 6) is -0.594. The minimum absolute atomic E-state index is 0.00609. The predicted octanol–water partition coefficient (Wildman–Crippen LogP) is 2.87. The van der Waals surface area contributed by atoms with E-state index in [0.717, 1.165) is 22.3 Å². The third-order valence-corrected chi connectivity index (χ3v) is 9.37. The molecule has 10 nitrogen and oxygen atoms in total. The first-order chi connectivity index (χ1) is 19.4. The average Bonchev–Trinajstić information content (AvgIpc) is 3.25. The number of sulfone groups is 1. The number of carbonyl (C=O) groups excluding carboxylic acids is 3. The van der Waals surface area contributed by atoms with Crippen molar-refractivity contribution in [2.75, 3.05) is 50.2 Å². The molecule has 0 radical (unpaired) electrons. The molecule has 1 fully saturated rings. The van der Waals surface area contributed by atoms with E-state index in [9.17, 15) is 27.9 Å². The van der Waals surface area contributed by atoms with Gasteiger partial charge in [-0.2, -0.15) is 0 Å². The third-order valence-electron chi connectivity index (χ3n) is 6.90. The Morgan fingerprint density at radius 1 is 1.15 bits per heavy atom. The van der Waals surface area contributed by atoms with Gasteiger partial charge in [-0.3, -0.25) is 14.4 Å². The molecule has 216 valence electrons. The summed E-state index contributed by atoms with van der Waals surface area (Å²) in [7, 11) is -1.60. The van der Waals surface area contributed by atoms with Crippen LogP contribution in [0.5, 0.6) is 5.75 Å². The highest BCUT2D eigenvalue weighted by Crippen LogP contribution is 2.42. The van der Waals surface area contributed by atoms with Crippen LogP contribution in [0.1, 0.15) is 36.0 Å². The lowest BCUT2D eigenvalue weighted by molar-refractivity contribution is 0.00590.